The van der Waals surface area contributed by atoms with Gasteiger partial charge in [-0.3, -0.25) is 4.79 Å². The molecule has 2 aliphatic rings. The number of nitrogens with two attached hydrogens (primary N) is 1. The predicted octanol–water partition coefficient (Wildman–Crippen LogP) is 3.59. The average molecular weight is 472 g/mol. The molecule has 0 bridgehead atoms. The lowest BCUT2D eigenvalue weighted by Gasteiger charge is -2.38. The van der Waals surface area contributed by atoms with Gasteiger partial charge >= 0.3 is 0 Å². The second-order valence-corrected chi connectivity index (χ2v) is 8.99. The molecule has 8 nitrogen and oxygen atoms in total. The molecule has 2 atom stereocenters. The van der Waals surface area contributed by atoms with Crippen LogP contribution in [0.4, 0.5) is 21.7 Å². The highest BCUT2D eigenvalue weighted by Gasteiger charge is 2.30. The molecular weight excluding hydrogens is 437 g/mol. The van der Waals surface area contributed by atoms with E-state index >= 15 is 4.39 Å². The maximum atomic E-state index is 15.1. The van der Waals surface area contributed by atoms with Gasteiger partial charge < -0.3 is 30.7 Å². The number of primary amides is 1. The van der Waals surface area contributed by atoms with Crippen LogP contribution in [0.15, 0.2) is 30.3 Å². The first-order valence-corrected chi connectivity index (χ1v) is 12.0. The summed E-state index contributed by atoms with van der Waals surface area (Å²) in [6.07, 6.45) is 6.08. The van der Waals surface area contributed by atoms with Gasteiger partial charge in [0.2, 0.25) is 0 Å². The highest BCUT2D eigenvalue weighted by molar-refractivity contribution is 5.98. The van der Waals surface area contributed by atoms with E-state index in [2.05, 4.69) is 15.6 Å². The molecule has 2 unspecified atom stereocenters. The molecule has 0 spiro atoms. The minimum atomic E-state index is -0.742. The number of hydrogen-bond acceptors (Lipinski definition) is 7. The standard InChI is InChI=1S/C25H34FN5O3/c1-28-21-5-3-4-6-22(21)31(2)25-20(26)15-19(23(27)32)24(30-25)29-16-7-9-17(10-8-16)34-18-11-13-33-14-12-18/h7-10,15,18,21-22,28H,3-6,11-14H2,1-2H3,(H2,27,32)(H,29,30). The fourth-order valence-electron chi connectivity index (χ4n) is 4.82. The van der Waals surface area contributed by atoms with Crippen molar-refractivity contribution in [3.63, 3.8) is 0 Å². The number of hydrogen-bond donors (Lipinski definition) is 3. The van der Waals surface area contributed by atoms with E-state index in [9.17, 15) is 4.79 Å². The van der Waals surface area contributed by atoms with Crippen LogP contribution < -0.4 is 26.0 Å². The number of nitrogens with zero attached hydrogens (tertiary/aromatic N) is 2. The third-order valence-electron chi connectivity index (χ3n) is 6.74. The molecule has 2 aromatic rings. The molecule has 0 radical (unpaired) electrons. The summed E-state index contributed by atoms with van der Waals surface area (Å²) in [5.74, 6) is -0.129. The zero-order valence-electron chi connectivity index (χ0n) is 19.9. The highest BCUT2D eigenvalue weighted by Crippen LogP contribution is 2.31. The Balaban J connectivity index is 1.55. The van der Waals surface area contributed by atoms with Crippen LogP contribution in [0.2, 0.25) is 0 Å². The van der Waals surface area contributed by atoms with Gasteiger partial charge in [0.1, 0.15) is 17.7 Å². The van der Waals surface area contributed by atoms with Crippen molar-refractivity contribution < 1.29 is 18.7 Å². The fraction of sp³-hybridized carbons (Fsp3) is 0.520. The Morgan fingerprint density at radius 1 is 1.18 bits per heavy atom. The number of anilines is 3. The van der Waals surface area contributed by atoms with Gasteiger partial charge in [-0.15, -0.1) is 0 Å². The lowest BCUT2D eigenvalue weighted by Crippen LogP contribution is -2.50. The van der Waals surface area contributed by atoms with Crippen LogP contribution in [-0.4, -0.2) is 56.4 Å². The van der Waals surface area contributed by atoms with Crippen molar-refractivity contribution in [1.82, 2.24) is 10.3 Å². The summed E-state index contributed by atoms with van der Waals surface area (Å²) in [6, 6.07) is 8.92. The number of amides is 1. The molecule has 34 heavy (non-hydrogen) atoms. The first-order valence-electron chi connectivity index (χ1n) is 12.0. The molecule has 4 rings (SSSR count). The molecule has 1 aliphatic heterocycles. The maximum Gasteiger partial charge on any atom is 0.252 e. The SMILES string of the molecule is CNC1CCCCC1N(C)c1nc(Nc2ccc(OC3CCOCC3)cc2)c(C(N)=O)cc1F. The van der Waals surface area contributed by atoms with Crippen LogP contribution in [-0.2, 0) is 4.74 Å². The Kier molecular flexibility index (Phi) is 7.84. The minimum absolute atomic E-state index is 0.00555. The molecule has 1 amide bonds. The van der Waals surface area contributed by atoms with Crippen molar-refractivity contribution in [2.75, 3.05) is 37.5 Å². The summed E-state index contributed by atoms with van der Waals surface area (Å²) in [5, 5.41) is 6.48. The zero-order chi connectivity index (χ0) is 24.1. The van der Waals surface area contributed by atoms with Crippen LogP contribution in [0, 0.1) is 5.82 Å². The molecule has 184 valence electrons. The van der Waals surface area contributed by atoms with Crippen LogP contribution in [0.3, 0.4) is 0 Å². The largest absolute Gasteiger partial charge is 0.490 e. The zero-order valence-corrected chi connectivity index (χ0v) is 19.9. The molecule has 4 N–H and O–H groups in total. The molecule has 1 saturated carbocycles. The number of rotatable bonds is 8. The summed E-state index contributed by atoms with van der Waals surface area (Å²) in [4.78, 5) is 18.4. The van der Waals surface area contributed by atoms with E-state index in [1.165, 1.54) is 6.07 Å². The molecule has 9 heteroatoms. The fourth-order valence-corrected chi connectivity index (χ4v) is 4.82. The Hall–Kier alpha value is -2.91. The monoisotopic (exact) mass is 471 g/mol. The van der Waals surface area contributed by atoms with Crippen molar-refractivity contribution in [2.24, 2.45) is 5.73 Å². The van der Waals surface area contributed by atoms with E-state index in [1.807, 2.05) is 43.3 Å². The van der Waals surface area contributed by atoms with Crippen LogP contribution in [0.1, 0.15) is 48.9 Å². The van der Waals surface area contributed by atoms with Gasteiger partial charge in [0.25, 0.3) is 5.91 Å². The number of halogens is 1. The van der Waals surface area contributed by atoms with E-state index in [0.29, 0.717) is 18.9 Å². The summed E-state index contributed by atoms with van der Waals surface area (Å²) < 4.78 is 26.4. The topological polar surface area (TPSA) is 102 Å². The van der Waals surface area contributed by atoms with E-state index in [1.54, 1.807) is 0 Å². The summed E-state index contributed by atoms with van der Waals surface area (Å²) in [5.41, 5.74) is 6.24. The number of benzene rings is 1. The third kappa shape index (κ3) is 5.59. The maximum absolute atomic E-state index is 15.1. The average Bonchev–Trinajstić information content (AvgIpc) is 2.86. The van der Waals surface area contributed by atoms with Crippen LogP contribution in [0.25, 0.3) is 0 Å². The summed E-state index contributed by atoms with van der Waals surface area (Å²) in [7, 11) is 3.78. The van der Waals surface area contributed by atoms with E-state index in [-0.39, 0.29) is 35.4 Å². The number of pyridine rings is 1. The number of carbonyl (C=O) groups is 1. The summed E-state index contributed by atoms with van der Waals surface area (Å²) >= 11 is 0. The lowest BCUT2D eigenvalue weighted by atomic mass is 9.89. The van der Waals surface area contributed by atoms with Crippen molar-refractivity contribution in [2.45, 2.75) is 56.7 Å². The Labute approximate surface area is 200 Å². The second-order valence-electron chi connectivity index (χ2n) is 8.99. The Morgan fingerprint density at radius 2 is 1.88 bits per heavy atom. The highest BCUT2D eigenvalue weighted by atomic mass is 19.1. The van der Waals surface area contributed by atoms with Gasteiger partial charge in [0.15, 0.2) is 11.6 Å². The van der Waals surface area contributed by atoms with Crippen molar-refractivity contribution >= 4 is 23.2 Å². The molecule has 1 saturated heterocycles. The molecule has 1 aliphatic carbocycles. The van der Waals surface area contributed by atoms with Gasteiger partial charge in [-0.25, -0.2) is 9.37 Å². The van der Waals surface area contributed by atoms with Gasteiger partial charge in [-0.2, -0.15) is 0 Å². The molecular formula is C25H34FN5O3. The second kappa shape index (κ2) is 11.0. The Bertz CT molecular complexity index is 981. The number of nitrogens with one attached hydrogen (secondary N) is 2. The van der Waals surface area contributed by atoms with E-state index in [0.717, 1.165) is 44.3 Å². The van der Waals surface area contributed by atoms with E-state index in [4.69, 9.17) is 15.2 Å². The Morgan fingerprint density at radius 3 is 2.56 bits per heavy atom. The van der Waals surface area contributed by atoms with Crippen molar-refractivity contribution in [3.8, 4) is 5.75 Å². The van der Waals surface area contributed by atoms with Crippen LogP contribution in [0.5, 0.6) is 5.75 Å². The minimum Gasteiger partial charge on any atom is -0.490 e. The molecule has 1 aromatic heterocycles. The van der Waals surface area contributed by atoms with Crippen molar-refractivity contribution in [1.29, 1.82) is 0 Å². The molecule has 2 fully saturated rings. The van der Waals surface area contributed by atoms with E-state index < -0.39 is 11.7 Å². The lowest BCUT2D eigenvalue weighted by molar-refractivity contribution is 0.0256. The van der Waals surface area contributed by atoms with Crippen LogP contribution >= 0.6 is 0 Å². The first-order chi connectivity index (χ1) is 16.5. The quantitative estimate of drug-likeness (QED) is 0.541. The number of aromatic nitrogens is 1. The molecule has 2 heterocycles. The van der Waals surface area contributed by atoms with Gasteiger partial charge in [-0.1, -0.05) is 12.8 Å². The normalized spacial score (nSPS) is 21.1. The van der Waals surface area contributed by atoms with Gasteiger partial charge in [-0.05, 0) is 50.2 Å². The summed E-state index contributed by atoms with van der Waals surface area (Å²) in [6.45, 7) is 1.42. The molecule has 1 aromatic carbocycles. The number of likely N-dealkylation sites (N-methyl/N-ethyl adjacent to an activating group) is 2. The number of carbonyl (C=O) groups excluding carboxylic acids is 1. The third-order valence-corrected chi connectivity index (χ3v) is 6.74. The first kappa shape index (κ1) is 24.2. The van der Waals surface area contributed by atoms with Crippen molar-refractivity contribution in [3.05, 3.63) is 41.7 Å². The van der Waals surface area contributed by atoms with Gasteiger partial charge in [0.05, 0.1) is 18.8 Å². The smallest absolute Gasteiger partial charge is 0.252 e. The van der Waals surface area contributed by atoms with Gasteiger partial charge in [0, 0.05) is 37.7 Å². The predicted molar refractivity (Wildman–Crippen MR) is 130 cm³/mol. The number of ether oxygens (including phenoxy) is 2.